The van der Waals surface area contributed by atoms with Crippen LogP contribution < -0.4 is 5.32 Å². The van der Waals surface area contributed by atoms with Gasteiger partial charge in [0.25, 0.3) is 5.91 Å². The fraction of sp³-hybridized carbons (Fsp3) is 0.360. The quantitative estimate of drug-likeness (QED) is 0.347. The average Bonchev–Trinajstić information content (AvgIpc) is 3.20. The summed E-state index contributed by atoms with van der Waals surface area (Å²) < 4.78 is 32.0. The van der Waals surface area contributed by atoms with E-state index >= 15 is 0 Å². The number of rotatable bonds is 10. The molecule has 1 aromatic carbocycles. The van der Waals surface area contributed by atoms with Crippen LogP contribution in [0.25, 0.3) is 0 Å². The molecule has 0 unspecified atom stereocenters. The second-order valence-electron chi connectivity index (χ2n) is 8.39. The van der Waals surface area contributed by atoms with Gasteiger partial charge in [-0.1, -0.05) is 12.2 Å². The zero-order valence-electron chi connectivity index (χ0n) is 20.7. The number of amides is 1. The largest absolute Gasteiger partial charge is 0.465 e. The Morgan fingerprint density at radius 3 is 2.33 bits per heavy atom. The minimum absolute atomic E-state index is 0. The summed E-state index contributed by atoms with van der Waals surface area (Å²) in [6.45, 7) is 13.3. The standard InChI is InChI=1S/C25H31N3O5S2.ClH/c1-6-13-28(14-7-2)35(31,32)19-10-8-18(9-11-19)23(29)26-24-22(25(30)33-5)20-12-15-27(17(3)4)16-21(20)34-24;/h6-11,17H,1-2,12-16H2,3-5H3,(H,26,29);1H. The number of hydrogen-bond donors (Lipinski definition) is 1. The normalized spacial score (nSPS) is 13.6. The first-order valence-electron chi connectivity index (χ1n) is 11.2. The van der Waals surface area contributed by atoms with Crippen LogP contribution in [0.2, 0.25) is 0 Å². The van der Waals surface area contributed by atoms with Crippen molar-refractivity contribution >= 4 is 50.6 Å². The van der Waals surface area contributed by atoms with Crippen LogP contribution in [0.3, 0.4) is 0 Å². The summed E-state index contributed by atoms with van der Waals surface area (Å²) in [6, 6.07) is 6.06. The fourth-order valence-electron chi connectivity index (χ4n) is 3.93. The van der Waals surface area contributed by atoms with Crippen LogP contribution in [0, 0.1) is 0 Å². The Kier molecular flexibility index (Phi) is 10.4. The molecule has 0 radical (unpaired) electrons. The molecule has 8 nitrogen and oxygen atoms in total. The second kappa shape index (κ2) is 12.6. The summed E-state index contributed by atoms with van der Waals surface area (Å²) in [6.07, 6.45) is 3.70. The summed E-state index contributed by atoms with van der Waals surface area (Å²) in [5.41, 5.74) is 1.59. The monoisotopic (exact) mass is 553 g/mol. The maximum atomic E-state index is 13.0. The molecular formula is C25H32ClN3O5S2. The Labute approximate surface area is 223 Å². The summed E-state index contributed by atoms with van der Waals surface area (Å²) in [4.78, 5) is 29.0. The van der Waals surface area contributed by atoms with Crippen molar-refractivity contribution in [3.05, 3.63) is 71.1 Å². The van der Waals surface area contributed by atoms with E-state index in [1.165, 1.54) is 59.2 Å². The number of nitrogens with one attached hydrogen (secondary N) is 1. The number of methoxy groups -OCH3 is 1. The molecule has 1 amide bonds. The zero-order chi connectivity index (χ0) is 25.8. The molecule has 0 aliphatic carbocycles. The molecule has 2 aromatic rings. The minimum atomic E-state index is -3.77. The van der Waals surface area contributed by atoms with Gasteiger partial charge in [0.05, 0.1) is 17.6 Å². The lowest BCUT2D eigenvalue weighted by molar-refractivity contribution is 0.0600. The van der Waals surface area contributed by atoms with Gasteiger partial charge in [0.2, 0.25) is 10.0 Å². The van der Waals surface area contributed by atoms with Crippen LogP contribution in [-0.4, -0.2) is 62.3 Å². The smallest absolute Gasteiger partial charge is 0.341 e. The van der Waals surface area contributed by atoms with E-state index in [4.69, 9.17) is 4.74 Å². The number of carbonyl (C=O) groups excluding carboxylic acids is 2. The Hall–Kier alpha value is -2.50. The van der Waals surface area contributed by atoms with Gasteiger partial charge in [0.1, 0.15) is 5.00 Å². The summed E-state index contributed by atoms with van der Waals surface area (Å²) >= 11 is 1.38. The number of carbonyl (C=O) groups is 2. The first kappa shape index (κ1) is 29.7. The molecule has 1 aromatic heterocycles. The van der Waals surface area contributed by atoms with Crippen molar-refractivity contribution in [3.63, 3.8) is 0 Å². The van der Waals surface area contributed by atoms with Gasteiger partial charge in [0.15, 0.2) is 0 Å². The van der Waals surface area contributed by atoms with Crippen molar-refractivity contribution in [2.75, 3.05) is 32.1 Å². The molecule has 1 aliphatic rings. The number of esters is 1. The number of sulfonamides is 1. The third-order valence-corrected chi connectivity index (χ3v) is 8.83. The van der Waals surface area contributed by atoms with Gasteiger partial charge in [0, 0.05) is 42.7 Å². The number of nitrogens with zero attached hydrogens (tertiary/aromatic N) is 2. The Bertz CT molecular complexity index is 1210. The minimum Gasteiger partial charge on any atom is -0.465 e. The first-order valence-corrected chi connectivity index (χ1v) is 13.5. The van der Waals surface area contributed by atoms with Crippen molar-refractivity contribution in [2.45, 2.75) is 37.8 Å². The third kappa shape index (κ3) is 6.24. The number of halogens is 1. The second-order valence-corrected chi connectivity index (χ2v) is 11.4. The van der Waals surface area contributed by atoms with Crippen LogP contribution in [0.1, 0.15) is 45.0 Å². The predicted molar refractivity (Wildman–Crippen MR) is 146 cm³/mol. The number of ether oxygens (including phenoxy) is 1. The molecule has 0 saturated heterocycles. The molecule has 0 bridgehead atoms. The van der Waals surface area contributed by atoms with Crippen molar-refractivity contribution < 1.29 is 22.7 Å². The first-order chi connectivity index (χ1) is 16.6. The van der Waals surface area contributed by atoms with Gasteiger partial charge >= 0.3 is 5.97 Å². The lowest BCUT2D eigenvalue weighted by Gasteiger charge is -2.30. The molecule has 0 saturated carbocycles. The van der Waals surface area contributed by atoms with E-state index < -0.39 is 21.9 Å². The molecule has 1 N–H and O–H groups in total. The van der Waals surface area contributed by atoms with E-state index in [1.54, 1.807) is 0 Å². The molecule has 3 rings (SSSR count). The molecule has 1 aliphatic heterocycles. The molecule has 0 fully saturated rings. The summed E-state index contributed by atoms with van der Waals surface area (Å²) in [7, 11) is -2.45. The third-order valence-electron chi connectivity index (χ3n) is 5.85. The van der Waals surface area contributed by atoms with Crippen LogP contribution in [0.5, 0.6) is 0 Å². The average molecular weight is 554 g/mol. The van der Waals surface area contributed by atoms with Crippen LogP contribution in [0.15, 0.2) is 54.5 Å². The fourth-order valence-corrected chi connectivity index (χ4v) is 6.57. The lowest BCUT2D eigenvalue weighted by atomic mass is 10.0. The maximum Gasteiger partial charge on any atom is 0.341 e. The highest BCUT2D eigenvalue weighted by atomic mass is 35.5. The highest BCUT2D eigenvalue weighted by molar-refractivity contribution is 7.89. The highest BCUT2D eigenvalue weighted by Gasteiger charge is 2.30. The van der Waals surface area contributed by atoms with Crippen LogP contribution >= 0.6 is 23.7 Å². The van der Waals surface area contributed by atoms with Crippen LogP contribution in [0.4, 0.5) is 5.00 Å². The van der Waals surface area contributed by atoms with E-state index in [2.05, 4.69) is 37.2 Å². The van der Waals surface area contributed by atoms with Crippen molar-refractivity contribution in [1.82, 2.24) is 9.21 Å². The SMILES string of the molecule is C=CCN(CC=C)S(=O)(=O)c1ccc(C(=O)Nc2sc3c(c2C(=O)OC)CCN(C(C)C)C3)cc1.Cl. The molecule has 2 heterocycles. The van der Waals surface area contributed by atoms with Crippen molar-refractivity contribution in [3.8, 4) is 0 Å². The van der Waals surface area contributed by atoms with E-state index in [-0.39, 0.29) is 36.0 Å². The van der Waals surface area contributed by atoms with Gasteiger partial charge in [-0.25, -0.2) is 13.2 Å². The number of benzene rings is 1. The van der Waals surface area contributed by atoms with E-state index in [0.717, 1.165) is 17.0 Å². The van der Waals surface area contributed by atoms with Crippen molar-refractivity contribution in [2.24, 2.45) is 0 Å². The molecule has 0 spiro atoms. The highest BCUT2D eigenvalue weighted by Crippen LogP contribution is 2.38. The van der Waals surface area contributed by atoms with E-state index in [9.17, 15) is 18.0 Å². The lowest BCUT2D eigenvalue weighted by Crippen LogP contribution is -2.35. The van der Waals surface area contributed by atoms with Gasteiger partial charge < -0.3 is 10.1 Å². The van der Waals surface area contributed by atoms with Crippen molar-refractivity contribution in [1.29, 1.82) is 0 Å². The topological polar surface area (TPSA) is 96.0 Å². The number of thiophene rings is 1. The van der Waals surface area contributed by atoms with Gasteiger partial charge in [-0.2, -0.15) is 4.31 Å². The molecule has 36 heavy (non-hydrogen) atoms. The zero-order valence-corrected chi connectivity index (χ0v) is 23.1. The molecule has 0 atom stereocenters. The molecule has 11 heteroatoms. The number of fused-ring (bicyclic) bond motifs is 1. The summed E-state index contributed by atoms with van der Waals surface area (Å²) in [5.74, 6) is -0.922. The Balaban J connectivity index is 0.00000456. The van der Waals surface area contributed by atoms with E-state index in [1.807, 2.05) is 0 Å². The number of anilines is 1. The Morgan fingerprint density at radius 1 is 1.19 bits per heavy atom. The molecule has 196 valence electrons. The van der Waals surface area contributed by atoms with E-state index in [0.29, 0.717) is 29.6 Å². The van der Waals surface area contributed by atoms with Crippen LogP contribution in [-0.2, 0) is 27.7 Å². The van der Waals surface area contributed by atoms with Gasteiger partial charge in [-0.05, 0) is 50.1 Å². The van der Waals surface area contributed by atoms with Gasteiger partial charge in [-0.3, -0.25) is 9.69 Å². The number of hydrogen-bond acceptors (Lipinski definition) is 7. The van der Waals surface area contributed by atoms with Gasteiger partial charge in [-0.15, -0.1) is 36.9 Å². The predicted octanol–water partition coefficient (Wildman–Crippen LogP) is 4.34. The maximum absolute atomic E-state index is 13.0. The summed E-state index contributed by atoms with van der Waals surface area (Å²) in [5, 5.41) is 3.28. The molecular weight excluding hydrogens is 522 g/mol. The Morgan fingerprint density at radius 2 is 1.81 bits per heavy atom.